The quantitative estimate of drug-likeness (QED) is 0.812. The van der Waals surface area contributed by atoms with E-state index in [1.165, 1.54) is 24.0 Å². The topological polar surface area (TPSA) is 38.0 Å². The van der Waals surface area contributed by atoms with Crippen LogP contribution in [0.3, 0.4) is 0 Å². The van der Waals surface area contributed by atoms with Gasteiger partial charge in [-0.2, -0.15) is 0 Å². The van der Waals surface area contributed by atoms with Crippen LogP contribution in [0.15, 0.2) is 30.3 Å². The summed E-state index contributed by atoms with van der Waals surface area (Å²) >= 11 is 0. The lowest BCUT2D eigenvalue weighted by Crippen LogP contribution is -2.26. The highest BCUT2D eigenvalue weighted by molar-refractivity contribution is 5.53. The van der Waals surface area contributed by atoms with E-state index in [1.54, 1.807) is 0 Å². The predicted molar refractivity (Wildman–Crippen MR) is 69.0 cm³/mol. The second-order valence-corrected chi connectivity index (χ2v) is 4.35. The van der Waals surface area contributed by atoms with Crippen LogP contribution in [-0.2, 0) is 6.54 Å². The van der Waals surface area contributed by atoms with E-state index >= 15 is 0 Å². The smallest absolute Gasteiger partial charge is 0.0184 e. The van der Waals surface area contributed by atoms with Gasteiger partial charge in [0.2, 0.25) is 0 Å². The molecule has 0 saturated carbocycles. The van der Waals surface area contributed by atoms with Gasteiger partial charge in [0, 0.05) is 6.54 Å². The van der Waals surface area contributed by atoms with Gasteiger partial charge < -0.3 is 11.1 Å². The summed E-state index contributed by atoms with van der Waals surface area (Å²) in [6.45, 7) is 2.91. The van der Waals surface area contributed by atoms with Gasteiger partial charge in [-0.15, -0.1) is 0 Å². The molecule has 1 aromatic rings. The van der Waals surface area contributed by atoms with Gasteiger partial charge in [-0.05, 0) is 43.0 Å². The van der Waals surface area contributed by atoms with E-state index in [1.807, 2.05) is 6.07 Å². The third-order valence-electron chi connectivity index (χ3n) is 3.21. The SMILES string of the molecule is NCc1ccccc1/C=C/C1CCNCC1. The lowest BCUT2D eigenvalue weighted by molar-refractivity contribution is 0.438. The standard InChI is InChI=1S/C14H20N2/c15-11-14-4-2-1-3-13(14)6-5-12-7-9-16-10-8-12/h1-6,12,16H,7-11,15H2/b6-5+. The molecule has 0 aliphatic carbocycles. The molecule has 0 spiro atoms. The van der Waals surface area contributed by atoms with Crippen LogP contribution >= 0.6 is 0 Å². The number of nitrogens with one attached hydrogen (secondary N) is 1. The summed E-state index contributed by atoms with van der Waals surface area (Å²) in [5.74, 6) is 0.729. The van der Waals surface area contributed by atoms with Crippen LogP contribution in [0.5, 0.6) is 0 Å². The van der Waals surface area contributed by atoms with Crippen molar-refractivity contribution in [3.63, 3.8) is 0 Å². The lowest BCUT2D eigenvalue weighted by atomic mass is 9.96. The number of rotatable bonds is 3. The van der Waals surface area contributed by atoms with E-state index in [-0.39, 0.29) is 0 Å². The fraction of sp³-hybridized carbons (Fsp3) is 0.429. The molecular weight excluding hydrogens is 196 g/mol. The molecule has 2 nitrogen and oxygen atoms in total. The highest BCUT2D eigenvalue weighted by Crippen LogP contribution is 2.16. The first-order valence-corrected chi connectivity index (χ1v) is 6.07. The van der Waals surface area contributed by atoms with Crippen molar-refractivity contribution in [1.82, 2.24) is 5.32 Å². The highest BCUT2D eigenvalue weighted by atomic mass is 14.9. The molecule has 0 atom stereocenters. The highest BCUT2D eigenvalue weighted by Gasteiger charge is 2.09. The maximum atomic E-state index is 5.72. The first-order valence-electron chi connectivity index (χ1n) is 6.07. The van der Waals surface area contributed by atoms with Gasteiger partial charge >= 0.3 is 0 Å². The molecule has 0 bridgehead atoms. The molecule has 0 aromatic heterocycles. The average Bonchev–Trinajstić information content (AvgIpc) is 2.38. The monoisotopic (exact) mass is 216 g/mol. The van der Waals surface area contributed by atoms with Crippen LogP contribution in [0.2, 0.25) is 0 Å². The van der Waals surface area contributed by atoms with Crippen molar-refractivity contribution in [2.75, 3.05) is 13.1 Å². The molecule has 1 aliphatic rings. The lowest BCUT2D eigenvalue weighted by Gasteiger charge is -2.19. The van der Waals surface area contributed by atoms with Crippen molar-refractivity contribution in [2.24, 2.45) is 11.7 Å². The molecular formula is C14H20N2. The van der Waals surface area contributed by atoms with Crippen LogP contribution < -0.4 is 11.1 Å². The number of hydrogen-bond donors (Lipinski definition) is 2. The summed E-state index contributed by atoms with van der Waals surface area (Å²) in [5, 5.41) is 3.38. The van der Waals surface area contributed by atoms with Gasteiger partial charge in [0.05, 0.1) is 0 Å². The van der Waals surface area contributed by atoms with Crippen molar-refractivity contribution in [2.45, 2.75) is 19.4 Å². The number of nitrogens with two attached hydrogens (primary N) is 1. The normalized spacial score (nSPS) is 18.1. The van der Waals surface area contributed by atoms with Gasteiger partial charge in [-0.25, -0.2) is 0 Å². The Bertz CT molecular complexity index is 352. The summed E-state index contributed by atoms with van der Waals surface area (Å²) in [6.07, 6.45) is 7.08. The second kappa shape index (κ2) is 5.83. The molecule has 0 amide bonds. The van der Waals surface area contributed by atoms with Crippen LogP contribution in [0, 0.1) is 5.92 Å². The first-order chi connectivity index (χ1) is 7.90. The molecule has 1 fully saturated rings. The van der Waals surface area contributed by atoms with Crippen molar-refractivity contribution in [3.8, 4) is 0 Å². The van der Waals surface area contributed by atoms with Crippen LogP contribution in [0.4, 0.5) is 0 Å². The summed E-state index contributed by atoms with van der Waals surface area (Å²) in [5.41, 5.74) is 8.21. The van der Waals surface area contributed by atoms with E-state index in [0.29, 0.717) is 6.54 Å². The van der Waals surface area contributed by atoms with E-state index < -0.39 is 0 Å². The van der Waals surface area contributed by atoms with Crippen molar-refractivity contribution in [3.05, 3.63) is 41.5 Å². The van der Waals surface area contributed by atoms with E-state index in [9.17, 15) is 0 Å². The van der Waals surface area contributed by atoms with Gasteiger partial charge in [0.15, 0.2) is 0 Å². The summed E-state index contributed by atoms with van der Waals surface area (Å²) in [6, 6.07) is 8.35. The van der Waals surface area contributed by atoms with Gasteiger partial charge in [-0.3, -0.25) is 0 Å². The molecule has 0 radical (unpaired) electrons. The zero-order valence-corrected chi connectivity index (χ0v) is 9.65. The molecule has 1 aromatic carbocycles. The van der Waals surface area contributed by atoms with Crippen LogP contribution in [-0.4, -0.2) is 13.1 Å². The summed E-state index contributed by atoms with van der Waals surface area (Å²) < 4.78 is 0. The maximum absolute atomic E-state index is 5.72. The number of benzene rings is 1. The van der Waals surface area contributed by atoms with E-state index in [2.05, 4.69) is 35.7 Å². The van der Waals surface area contributed by atoms with E-state index in [4.69, 9.17) is 5.73 Å². The Morgan fingerprint density at radius 3 is 2.75 bits per heavy atom. The fourth-order valence-corrected chi connectivity index (χ4v) is 2.16. The third kappa shape index (κ3) is 2.94. The number of hydrogen-bond acceptors (Lipinski definition) is 2. The Balaban J connectivity index is 2.04. The van der Waals surface area contributed by atoms with Crippen molar-refractivity contribution >= 4 is 6.08 Å². The van der Waals surface area contributed by atoms with Crippen LogP contribution in [0.25, 0.3) is 6.08 Å². The predicted octanol–water partition coefficient (Wildman–Crippen LogP) is 2.16. The molecule has 2 rings (SSSR count). The van der Waals surface area contributed by atoms with Gasteiger partial charge in [0.1, 0.15) is 0 Å². The Labute approximate surface area is 97.5 Å². The van der Waals surface area contributed by atoms with Crippen LogP contribution in [0.1, 0.15) is 24.0 Å². The minimum Gasteiger partial charge on any atom is -0.326 e. The first kappa shape index (κ1) is 11.4. The largest absolute Gasteiger partial charge is 0.326 e. The summed E-state index contributed by atoms with van der Waals surface area (Å²) in [7, 11) is 0. The van der Waals surface area contributed by atoms with Crippen molar-refractivity contribution in [1.29, 1.82) is 0 Å². The zero-order chi connectivity index (χ0) is 11.2. The Morgan fingerprint density at radius 2 is 2.00 bits per heavy atom. The minimum absolute atomic E-state index is 0.618. The molecule has 3 N–H and O–H groups in total. The molecule has 16 heavy (non-hydrogen) atoms. The maximum Gasteiger partial charge on any atom is 0.0184 e. The van der Waals surface area contributed by atoms with Crippen molar-refractivity contribution < 1.29 is 0 Å². The molecule has 1 heterocycles. The third-order valence-corrected chi connectivity index (χ3v) is 3.21. The number of allylic oxidation sites excluding steroid dienone is 1. The fourth-order valence-electron chi connectivity index (χ4n) is 2.16. The zero-order valence-electron chi connectivity index (χ0n) is 9.65. The molecule has 86 valence electrons. The Morgan fingerprint density at radius 1 is 1.25 bits per heavy atom. The molecule has 1 saturated heterocycles. The Hall–Kier alpha value is -1.12. The Kier molecular flexibility index (Phi) is 4.14. The molecule has 0 unspecified atom stereocenters. The average molecular weight is 216 g/mol. The summed E-state index contributed by atoms with van der Waals surface area (Å²) in [4.78, 5) is 0. The molecule has 1 aliphatic heterocycles. The van der Waals surface area contributed by atoms with Gasteiger partial charge in [-0.1, -0.05) is 36.4 Å². The minimum atomic E-state index is 0.618. The van der Waals surface area contributed by atoms with Gasteiger partial charge in [0.25, 0.3) is 0 Å². The second-order valence-electron chi connectivity index (χ2n) is 4.35. The number of piperidine rings is 1. The molecule has 2 heteroatoms. The van der Waals surface area contributed by atoms with E-state index in [0.717, 1.165) is 19.0 Å².